The van der Waals surface area contributed by atoms with Crippen LogP contribution in [0.5, 0.6) is 0 Å². The highest BCUT2D eigenvalue weighted by atomic mass is 19.1. The van der Waals surface area contributed by atoms with Crippen LogP contribution < -0.4 is 0 Å². The van der Waals surface area contributed by atoms with Crippen LogP contribution in [0.2, 0.25) is 0 Å². The van der Waals surface area contributed by atoms with Gasteiger partial charge >= 0.3 is 0 Å². The number of imidazole rings is 1. The Kier molecular flexibility index (Phi) is 3.73. The molecule has 0 spiro atoms. The molecule has 2 nitrogen and oxygen atoms in total. The van der Waals surface area contributed by atoms with Crippen molar-refractivity contribution >= 4 is 0 Å². The molecule has 3 heteroatoms. The van der Waals surface area contributed by atoms with Crippen LogP contribution in [0.4, 0.5) is 4.39 Å². The van der Waals surface area contributed by atoms with Crippen molar-refractivity contribution in [1.82, 2.24) is 9.55 Å². The smallest absolute Gasteiger partial charge is 0.105 e. The van der Waals surface area contributed by atoms with Crippen molar-refractivity contribution in [2.24, 2.45) is 5.92 Å². The molecule has 0 N–H and O–H groups in total. The van der Waals surface area contributed by atoms with Gasteiger partial charge in [-0.1, -0.05) is 43.5 Å². The molecule has 4 rings (SSSR count). The zero-order valence-electron chi connectivity index (χ0n) is 12.9. The summed E-state index contributed by atoms with van der Waals surface area (Å²) in [4.78, 5) is 4.31. The number of nitrogens with zero attached hydrogens (tertiary/aromatic N) is 2. The number of rotatable bonds is 3. The molecule has 0 radical (unpaired) electrons. The Morgan fingerprint density at radius 1 is 1.18 bits per heavy atom. The summed E-state index contributed by atoms with van der Waals surface area (Å²) < 4.78 is 17.0. The molecule has 2 aromatic rings. The Morgan fingerprint density at radius 2 is 2.00 bits per heavy atom. The summed E-state index contributed by atoms with van der Waals surface area (Å²) in [6.07, 6.45) is 10.5. The molecule has 0 unspecified atom stereocenters. The van der Waals surface area contributed by atoms with Gasteiger partial charge in [0.05, 0.1) is 18.2 Å². The lowest BCUT2D eigenvalue weighted by Crippen LogP contribution is -2.26. The predicted octanol–water partition coefficient (Wildman–Crippen LogP) is 4.96. The van der Waals surface area contributed by atoms with Gasteiger partial charge in [-0.3, -0.25) is 0 Å². The highest BCUT2D eigenvalue weighted by Gasteiger charge is 2.30. The molecule has 0 amide bonds. The fraction of sp³-hybridized carbons (Fsp3) is 0.526. The van der Waals surface area contributed by atoms with E-state index < -0.39 is 6.17 Å². The minimum atomic E-state index is -0.675. The van der Waals surface area contributed by atoms with E-state index in [2.05, 4.69) is 33.8 Å². The number of halogens is 1. The summed E-state index contributed by atoms with van der Waals surface area (Å²) in [6.45, 7) is 0. The average molecular weight is 298 g/mol. The molecule has 2 heterocycles. The van der Waals surface area contributed by atoms with E-state index >= 15 is 0 Å². The van der Waals surface area contributed by atoms with E-state index in [-0.39, 0.29) is 12.0 Å². The van der Waals surface area contributed by atoms with Crippen LogP contribution in [0.1, 0.15) is 50.1 Å². The molecule has 0 saturated heterocycles. The largest absolute Gasteiger partial charge is 0.327 e. The van der Waals surface area contributed by atoms with Crippen molar-refractivity contribution in [2.75, 3.05) is 0 Å². The standard InChI is InChI=1S/C19H23FN2/c20-18(14-6-2-1-3-7-14)11-16-10-15-8-4-5-9-17(15)19-12-21-13-22(16)19/h4-5,8-9,12-14,16,18H,1-3,6-7,10-11H2/t16-,18+/m0/s1. The maximum Gasteiger partial charge on any atom is 0.105 e. The zero-order chi connectivity index (χ0) is 14.9. The number of alkyl halides is 1. The molecule has 22 heavy (non-hydrogen) atoms. The molecule has 2 atom stereocenters. The molecule has 1 aromatic heterocycles. The second-order valence-electron chi connectivity index (χ2n) is 6.85. The fourth-order valence-corrected chi connectivity index (χ4v) is 4.25. The first-order valence-corrected chi connectivity index (χ1v) is 8.57. The Bertz CT molecular complexity index is 642. The zero-order valence-corrected chi connectivity index (χ0v) is 12.9. The van der Waals surface area contributed by atoms with E-state index in [1.54, 1.807) is 0 Å². The molecular formula is C19H23FN2. The molecule has 1 aliphatic heterocycles. The number of benzene rings is 1. The van der Waals surface area contributed by atoms with Crippen molar-refractivity contribution in [3.63, 3.8) is 0 Å². The summed E-state index contributed by atoms with van der Waals surface area (Å²) in [5.74, 6) is 0.276. The van der Waals surface area contributed by atoms with Crippen molar-refractivity contribution in [2.45, 2.75) is 57.2 Å². The molecule has 1 saturated carbocycles. The van der Waals surface area contributed by atoms with E-state index in [1.165, 1.54) is 30.4 Å². The lowest BCUT2D eigenvalue weighted by Gasteiger charge is -2.32. The third-order valence-corrected chi connectivity index (χ3v) is 5.47. The molecule has 1 fully saturated rings. The number of aromatic nitrogens is 2. The maximum atomic E-state index is 14.8. The maximum absolute atomic E-state index is 14.8. The van der Waals surface area contributed by atoms with Crippen LogP contribution in [0, 0.1) is 5.92 Å². The van der Waals surface area contributed by atoms with Crippen LogP contribution in [0.25, 0.3) is 11.3 Å². The Balaban J connectivity index is 1.56. The van der Waals surface area contributed by atoms with Crippen LogP contribution in [-0.2, 0) is 6.42 Å². The monoisotopic (exact) mass is 298 g/mol. The normalized spacial score (nSPS) is 22.9. The van der Waals surface area contributed by atoms with Gasteiger partial charge in [-0.15, -0.1) is 0 Å². The molecular weight excluding hydrogens is 275 g/mol. The van der Waals surface area contributed by atoms with Crippen LogP contribution >= 0.6 is 0 Å². The van der Waals surface area contributed by atoms with Crippen molar-refractivity contribution in [3.05, 3.63) is 42.4 Å². The van der Waals surface area contributed by atoms with Gasteiger partial charge in [0, 0.05) is 11.6 Å². The third kappa shape index (κ3) is 2.47. The van der Waals surface area contributed by atoms with Gasteiger partial charge in [-0.2, -0.15) is 0 Å². The quantitative estimate of drug-likeness (QED) is 0.783. The Labute approximate surface area is 131 Å². The van der Waals surface area contributed by atoms with Gasteiger partial charge in [-0.05, 0) is 37.2 Å². The Hall–Kier alpha value is -1.64. The number of hydrogen-bond acceptors (Lipinski definition) is 1. The van der Waals surface area contributed by atoms with E-state index in [1.807, 2.05) is 12.5 Å². The van der Waals surface area contributed by atoms with Gasteiger partial charge in [0.1, 0.15) is 6.17 Å². The summed E-state index contributed by atoms with van der Waals surface area (Å²) in [5, 5.41) is 0. The highest BCUT2D eigenvalue weighted by Crippen LogP contribution is 2.39. The third-order valence-electron chi connectivity index (χ3n) is 5.47. The van der Waals surface area contributed by atoms with E-state index in [0.29, 0.717) is 6.42 Å². The highest BCUT2D eigenvalue weighted by molar-refractivity contribution is 5.65. The lowest BCUT2D eigenvalue weighted by molar-refractivity contribution is 0.150. The Morgan fingerprint density at radius 3 is 2.86 bits per heavy atom. The number of hydrogen-bond donors (Lipinski definition) is 0. The van der Waals surface area contributed by atoms with E-state index in [4.69, 9.17) is 0 Å². The van der Waals surface area contributed by atoms with E-state index in [9.17, 15) is 4.39 Å². The number of fused-ring (bicyclic) bond motifs is 3. The van der Waals surface area contributed by atoms with Crippen LogP contribution in [-0.4, -0.2) is 15.7 Å². The van der Waals surface area contributed by atoms with Crippen molar-refractivity contribution < 1.29 is 4.39 Å². The van der Waals surface area contributed by atoms with Crippen molar-refractivity contribution in [1.29, 1.82) is 0 Å². The van der Waals surface area contributed by atoms with Gasteiger partial charge in [-0.25, -0.2) is 9.37 Å². The van der Waals surface area contributed by atoms with Crippen LogP contribution in [0.15, 0.2) is 36.8 Å². The minimum absolute atomic E-state index is 0.212. The fourth-order valence-electron chi connectivity index (χ4n) is 4.25. The molecule has 1 aliphatic carbocycles. The van der Waals surface area contributed by atoms with Crippen LogP contribution in [0.3, 0.4) is 0 Å². The van der Waals surface area contributed by atoms with Gasteiger partial charge < -0.3 is 4.57 Å². The molecule has 0 bridgehead atoms. The predicted molar refractivity (Wildman–Crippen MR) is 86.5 cm³/mol. The molecule has 2 aliphatic rings. The van der Waals surface area contributed by atoms with Gasteiger partial charge in [0.25, 0.3) is 0 Å². The average Bonchev–Trinajstić information content (AvgIpc) is 3.06. The van der Waals surface area contributed by atoms with Gasteiger partial charge in [0.2, 0.25) is 0 Å². The first-order chi connectivity index (χ1) is 10.8. The van der Waals surface area contributed by atoms with Crippen molar-refractivity contribution in [3.8, 4) is 11.3 Å². The van der Waals surface area contributed by atoms with Gasteiger partial charge in [0.15, 0.2) is 0 Å². The summed E-state index contributed by atoms with van der Waals surface area (Å²) >= 11 is 0. The lowest BCUT2D eigenvalue weighted by atomic mass is 9.82. The first-order valence-electron chi connectivity index (χ1n) is 8.57. The summed E-state index contributed by atoms with van der Waals surface area (Å²) in [6, 6.07) is 8.68. The van der Waals surface area contributed by atoms with E-state index in [0.717, 1.165) is 25.0 Å². The molecule has 116 valence electrons. The summed E-state index contributed by atoms with van der Waals surface area (Å²) in [5.41, 5.74) is 3.73. The minimum Gasteiger partial charge on any atom is -0.327 e. The first kappa shape index (κ1) is 14.0. The SMILES string of the molecule is F[C@H](C[C@@H]1Cc2ccccc2-c2cncn21)C1CCCCC1. The second-order valence-corrected chi connectivity index (χ2v) is 6.85. The second kappa shape index (κ2) is 5.86. The summed E-state index contributed by atoms with van der Waals surface area (Å²) in [7, 11) is 0. The molecule has 1 aromatic carbocycles. The topological polar surface area (TPSA) is 17.8 Å².